The molecule has 0 radical (unpaired) electrons. The lowest BCUT2D eigenvalue weighted by atomic mass is 9.98. The van der Waals surface area contributed by atoms with E-state index in [2.05, 4.69) is 9.97 Å². The van der Waals surface area contributed by atoms with Crippen LogP contribution >= 0.6 is 0 Å². The maximum atomic E-state index is 11.1. The van der Waals surface area contributed by atoms with Crippen LogP contribution in [-0.2, 0) is 4.79 Å². The Morgan fingerprint density at radius 2 is 1.63 bits per heavy atom. The zero-order valence-corrected chi connectivity index (χ0v) is 11.2. The third-order valence-electron chi connectivity index (χ3n) is 3.16. The van der Waals surface area contributed by atoms with Gasteiger partial charge in [-0.3, -0.25) is 4.79 Å². The van der Waals surface area contributed by atoms with Gasteiger partial charge in [0, 0.05) is 22.5 Å². The minimum absolute atomic E-state index is 0.593. The van der Waals surface area contributed by atoms with Crippen LogP contribution in [0.25, 0.3) is 11.4 Å². The van der Waals surface area contributed by atoms with Crippen molar-refractivity contribution in [2.45, 2.75) is 26.7 Å². The molecule has 0 saturated heterocycles. The summed E-state index contributed by atoms with van der Waals surface area (Å²) in [6.07, 6.45) is 0. The van der Waals surface area contributed by atoms with Gasteiger partial charge in [-0.25, -0.2) is 9.97 Å². The molecule has 2 rings (SSSR count). The van der Waals surface area contributed by atoms with Crippen molar-refractivity contribution in [3.05, 3.63) is 47.3 Å². The molecule has 0 aliphatic heterocycles. The van der Waals surface area contributed by atoms with Crippen molar-refractivity contribution in [1.82, 2.24) is 9.97 Å². The quantitative estimate of drug-likeness (QED) is 0.917. The van der Waals surface area contributed by atoms with Gasteiger partial charge in [0.25, 0.3) is 0 Å². The number of rotatable bonds is 3. The van der Waals surface area contributed by atoms with Gasteiger partial charge in [0.15, 0.2) is 5.82 Å². The summed E-state index contributed by atoms with van der Waals surface area (Å²) >= 11 is 0. The second-order valence-corrected chi connectivity index (χ2v) is 4.56. The van der Waals surface area contributed by atoms with E-state index in [4.69, 9.17) is 5.11 Å². The molecule has 2 aromatic rings. The number of carboxylic acids is 1. The highest BCUT2D eigenvalue weighted by Crippen LogP contribution is 2.24. The fourth-order valence-corrected chi connectivity index (χ4v) is 2.19. The van der Waals surface area contributed by atoms with E-state index in [9.17, 15) is 4.79 Å². The van der Waals surface area contributed by atoms with Crippen LogP contribution in [0.5, 0.6) is 0 Å². The van der Waals surface area contributed by atoms with Crippen molar-refractivity contribution in [1.29, 1.82) is 0 Å². The zero-order chi connectivity index (χ0) is 14.0. The Morgan fingerprint density at radius 3 is 2.11 bits per heavy atom. The summed E-state index contributed by atoms with van der Waals surface area (Å²) in [6.45, 7) is 5.31. The summed E-state index contributed by atoms with van der Waals surface area (Å²) in [4.78, 5) is 20.0. The van der Waals surface area contributed by atoms with Crippen LogP contribution in [0.3, 0.4) is 0 Å². The van der Waals surface area contributed by atoms with Crippen LogP contribution in [0.15, 0.2) is 30.3 Å². The van der Waals surface area contributed by atoms with Crippen LogP contribution in [0.2, 0.25) is 0 Å². The Labute approximate surface area is 112 Å². The molecule has 0 fully saturated rings. The van der Waals surface area contributed by atoms with Crippen LogP contribution in [0.1, 0.15) is 29.8 Å². The van der Waals surface area contributed by atoms with Gasteiger partial charge in [-0.2, -0.15) is 0 Å². The molecule has 0 spiro atoms. The van der Waals surface area contributed by atoms with Crippen LogP contribution in [0.4, 0.5) is 0 Å². The molecule has 4 nitrogen and oxygen atoms in total. The number of aliphatic carboxylic acids is 1. The van der Waals surface area contributed by atoms with Crippen molar-refractivity contribution >= 4 is 5.97 Å². The molecule has 1 aromatic carbocycles. The molecule has 1 heterocycles. The van der Waals surface area contributed by atoms with Crippen molar-refractivity contribution in [3.8, 4) is 11.4 Å². The highest BCUT2D eigenvalue weighted by molar-refractivity contribution is 5.76. The monoisotopic (exact) mass is 256 g/mol. The normalized spacial score (nSPS) is 12.2. The molecule has 19 heavy (non-hydrogen) atoms. The van der Waals surface area contributed by atoms with Gasteiger partial charge in [-0.15, -0.1) is 0 Å². The first-order valence-corrected chi connectivity index (χ1v) is 6.14. The number of hydrogen-bond donors (Lipinski definition) is 1. The molecule has 1 unspecified atom stereocenters. The summed E-state index contributed by atoms with van der Waals surface area (Å²) in [5.41, 5.74) is 3.08. The number of nitrogens with zero attached hydrogens (tertiary/aromatic N) is 2. The number of aryl methyl sites for hydroxylation is 2. The van der Waals surface area contributed by atoms with E-state index in [1.165, 1.54) is 0 Å². The van der Waals surface area contributed by atoms with Gasteiger partial charge in [-0.1, -0.05) is 30.3 Å². The minimum Gasteiger partial charge on any atom is -0.481 e. The zero-order valence-electron chi connectivity index (χ0n) is 11.2. The first-order chi connectivity index (χ1) is 9.00. The summed E-state index contributed by atoms with van der Waals surface area (Å²) in [5, 5.41) is 9.12. The van der Waals surface area contributed by atoms with Crippen molar-refractivity contribution in [2.24, 2.45) is 0 Å². The molecule has 0 aliphatic rings. The molecule has 1 aromatic heterocycles. The van der Waals surface area contributed by atoms with Crippen LogP contribution in [0, 0.1) is 13.8 Å². The smallest absolute Gasteiger partial charge is 0.310 e. The average molecular weight is 256 g/mol. The average Bonchev–Trinajstić information content (AvgIpc) is 2.38. The Kier molecular flexibility index (Phi) is 3.60. The van der Waals surface area contributed by atoms with E-state index in [-0.39, 0.29) is 0 Å². The predicted molar refractivity (Wildman–Crippen MR) is 73.0 cm³/mol. The number of carbonyl (C=O) groups is 1. The Bertz CT molecular complexity index is 586. The molecule has 1 N–H and O–H groups in total. The van der Waals surface area contributed by atoms with E-state index in [0.29, 0.717) is 11.4 Å². The molecule has 98 valence electrons. The lowest BCUT2D eigenvalue weighted by Gasteiger charge is -2.14. The van der Waals surface area contributed by atoms with Crippen molar-refractivity contribution in [2.75, 3.05) is 0 Å². The van der Waals surface area contributed by atoms with Gasteiger partial charge in [-0.05, 0) is 20.8 Å². The number of benzene rings is 1. The minimum atomic E-state index is -0.859. The second kappa shape index (κ2) is 5.18. The third-order valence-corrected chi connectivity index (χ3v) is 3.16. The second-order valence-electron chi connectivity index (χ2n) is 4.56. The van der Waals surface area contributed by atoms with E-state index in [1.807, 2.05) is 44.2 Å². The standard InChI is InChI=1S/C15H16N2O2/c1-9(15(18)19)13-10(2)16-14(17-11(13)3)12-7-5-4-6-8-12/h4-9H,1-3H3,(H,18,19). The largest absolute Gasteiger partial charge is 0.481 e. The Hall–Kier alpha value is -2.23. The first-order valence-electron chi connectivity index (χ1n) is 6.14. The number of aromatic nitrogens is 2. The van der Waals surface area contributed by atoms with Gasteiger partial charge >= 0.3 is 5.97 Å². The van der Waals surface area contributed by atoms with Gasteiger partial charge in [0.05, 0.1) is 5.92 Å². The number of hydrogen-bond acceptors (Lipinski definition) is 3. The van der Waals surface area contributed by atoms with Gasteiger partial charge < -0.3 is 5.11 Å². The van der Waals surface area contributed by atoms with Crippen LogP contribution < -0.4 is 0 Å². The Morgan fingerprint density at radius 1 is 1.11 bits per heavy atom. The maximum absolute atomic E-state index is 11.1. The molecular formula is C15H16N2O2. The van der Waals surface area contributed by atoms with Crippen LogP contribution in [-0.4, -0.2) is 21.0 Å². The van der Waals surface area contributed by atoms with Crippen molar-refractivity contribution < 1.29 is 9.90 Å². The molecule has 0 bridgehead atoms. The number of carboxylic acid groups (broad SMARTS) is 1. The lowest BCUT2D eigenvalue weighted by molar-refractivity contribution is -0.138. The van der Waals surface area contributed by atoms with E-state index in [0.717, 1.165) is 17.0 Å². The Balaban J connectivity index is 2.51. The topological polar surface area (TPSA) is 63.1 Å². The molecular weight excluding hydrogens is 240 g/mol. The fraction of sp³-hybridized carbons (Fsp3) is 0.267. The molecule has 1 atom stereocenters. The fourth-order valence-electron chi connectivity index (χ4n) is 2.19. The maximum Gasteiger partial charge on any atom is 0.310 e. The summed E-state index contributed by atoms with van der Waals surface area (Å²) in [5.74, 6) is -0.816. The summed E-state index contributed by atoms with van der Waals surface area (Å²) in [7, 11) is 0. The summed E-state index contributed by atoms with van der Waals surface area (Å²) in [6, 6.07) is 9.67. The molecule has 0 aliphatic carbocycles. The lowest BCUT2D eigenvalue weighted by Crippen LogP contribution is -2.13. The predicted octanol–water partition coefficient (Wildman–Crippen LogP) is 2.95. The van der Waals surface area contributed by atoms with E-state index < -0.39 is 11.9 Å². The highest BCUT2D eigenvalue weighted by atomic mass is 16.4. The third kappa shape index (κ3) is 2.62. The highest BCUT2D eigenvalue weighted by Gasteiger charge is 2.20. The van der Waals surface area contributed by atoms with Gasteiger partial charge in [0.1, 0.15) is 0 Å². The molecule has 4 heteroatoms. The van der Waals surface area contributed by atoms with Crippen molar-refractivity contribution in [3.63, 3.8) is 0 Å². The van der Waals surface area contributed by atoms with Gasteiger partial charge in [0.2, 0.25) is 0 Å². The van der Waals surface area contributed by atoms with E-state index >= 15 is 0 Å². The first kappa shape index (κ1) is 13.2. The molecule has 0 amide bonds. The van der Waals surface area contributed by atoms with E-state index in [1.54, 1.807) is 6.92 Å². The SMILES string of the molecule is Cc1nc(-c2ccccc2)nc(C)c1C(C)C(=O)O. The summed E-state index contributed by atoms with van der Waals surface area (Å²) < 4.78 is 0. The molecule has 0 saturated carbocycles.